The van der Waals surface area contributed by atoms with Crippen LogP contribution in [0.4, 0.5) is 14.5 Å². The van der Waals surface area contributed by atoms with Crippen molar-refractivity contribution in [2.75, 3.05) is 31.6 Å². The zero-order chi connectivity index (χ0) is 33.6. The quantitative estimate of drug-likeness (QED) is 0.271. The van der Waals surface area contributed by atoms with Gasteiger partial charge in [-0.05, 0) is 76.0 Å². The first-order valence-electron chi connectivity index (χ1n) is 16.1. The third-order valence-electron chi connectivity index (χ3n) is 9.28. The SMILES string of the molecule is COc1cc(F)cc(F)c1CN1CCc2cc(-c3c(C)nc(C)c([C@H](OC(C)(C)C)C(=O)O)c3N3CCC(C)(C)CC3)ccc2C1. The molecule has 3 heterocycles. The highest BCUT2D eigenvalue weighted by Crippen LogP contribution is 2.45. The van der Waals surface area contributed by atoms with E-state index in [4.69, 9.17) is 14.5 Å². The molecule has 3 aromatic rings. The molecule has 1 fully saturated rings. The lowest BCUT2D eigenvalue weighted by Crippen LogP contribution is -2.39. The molecule has 1 atom stereocenters. The van der Waals surface area contributed by atoms with Gasteiger partial charge in [-0.3, -0.25) is 9.88 Å². The smallest absolute Gasteiger partial charge is 0.337 e. The van der Waals surface area contributed by atoms with E-state index in [1.807, 2.05) is 34.6 Å². The van der Waals surface area contributed by atoms with Crippen LogP contribution < -0.4 is 9.64 Å². The van der Waals surface area contributed by atoms with Crippen LogP contribution in [0.1, 0.15) is 87.2 Å². The highest BCUT2D eigenvalue weighted by molar-refractivity contribution is 5.88. The van der Waals surface area contributed by atoms with Gasteiger partial charge in [0.05, 0.1) is 18.4 Å². The van der Waals surface area contributed by atoms with Gasteiger partial charge >= 0.3 is 5.97 Å². The van der Waals surface area contributed by atoms with Gasteiger partial charge in [-0.1, -0.05) is 32.0 Å². The number of fused-ring (bicyclic) bond motifs is 1. The molecule has 2 aliphatic rings. The van der Waals surface area contributed by atoms with Gasteiger partial charge in [-0.25, -0.2) is 13.6 Å². The van der Waals surface area contributed by atoms with Crippen LogP contribution >= 0.6 is 0 Å². The molecule has 0 unspecified atom stereocenters. The monoisotopic (exact) mass is 635 g/mol. The number of hydrogen-bond acceptors (Lipinski definition) is 6. The Labute approximate surface area is 271 Å². The molecule has 0 amide bonds. The van der Waals surface area contributed by atoms with Crippen molar-refractivity contribution in [2.45, 2.75) is 92.5 Å². The van der Waals surface area contributed by atoms with E-state index in [1.165, 1.54) is 18.7 Å². The number of methoxy groups -OCH3 is 1. The predicted octanol–water partition coefficient (Wildman–Crippen LogP) is 7.78. The molecule has 2 aromatic carbocycles. The first-order valence-corrected chi connectivity index (χ1v) is 16.1. The van der Waals surface area contributed by atoms with Gasteiger partial charge in [-0.15, -0.1) is 0 Å². The maximum absolute atomic E-state index is 14.7. The minimum absolute atomic E-state index is 0.209. The number of ether oxygens (including phenoxy) is 2. The normalized spacial score (nSPS) is 17.5. The van der Waals surface area contributed by atoms with Crippen molar-refractivity contribution in [1.29, 1.82) is 0 Å². The molecule has 1 N–H and O–H groups in total. The number of aliphatic carboxylic acids is 1. The Kier molecular flexibility index (Phi) is 9.49. The molecule has 0 spiro atoms. The van der Waals surface area contributed by atoms with Crippen LogP contribution in [0.2, 0.25) is 0 Å². The number of pyridine rings is 1. The second-order valence-corrected chi connectivity index (χ2v) is 14.5. The van der Waals surface area contributed by atoms with Crippen molar-refractivity contribution in [3.63, 3.8) is 0 Å². The lowest BCUT2D eigenvalue weighted by Gasteiger charge is -2.41. The zero-order valence-electron chi connectivity index (χ0n) is 28.4. The Morgan fingerprint density at radius 2 is 1.74 bits per heavy atom. The Morgan fingerprint density at radius 3 is 2.37 bits per heavy atom. The predicted molar refractivity (Wildman–Crippen MR) is 176 cm³/mol. The fourth-order valence-electron chi connectivity index (χ4n) is 6.80. The molecule has 9 heteroatoms. The number of benzene rings is 2. The summed E-state index contributed by atoms with van der Waals surface area (Å²) in [4.78, 5) is 22.2. The number of aryl methyl sites for hydroxylation is 2. The van der Waals surface area contributed by atoms with E-state index in [0.29, 0.717) is 36.5 Å². The van der Waals surface area contributed by atoms with Gasteiger partial charge in [0.1, 0.15) is 17.4 Å². The molecular weight excluding hydrogens is 588 g/mol. The molecule has 0 bridgehead atoms. The van der Waals surface area contributed by atoms with Crippen molar-refractivity contribution >= 4 is 11.7 Å². The number of halogens is 2. The maximum Gasteiger partial charge on any atom is 0.337 e. The van der Waals surface area contributed by atoms with Crippen LogP contribution in [0.25, 0.3) is 11.1 Å². The molecule has 7 nitrogen and oxygen atoms in total. The molecule has 248 valence electrons. The lowest BCUT2D eigenvalue weighted by molar-refractivity contribution is -0.160. The number of carbonyl (C=O) groups is 1. The summed E-state index contributed by atoms with van der Waals surface area (Å²) in [5.74, 6) is -2.10. The third-order valence-corrected chi connectivity index (χ3v) is 9.28. The number of carboxylic acids is 1. The van der Waals surface area contributed by atoms with Gasteiger partial charge in [0.25, 0.3) is 0 Å². The number of nitrogens with zero attached hydrogens (tertiary/aromatic N) is 3. The summed E-state index contributed by atoms with van der Waals surface area (Å²) in [5.41, 5.74) is 7.14. The number of aromatic nitrogens is 1. The van der Waals surface area contributed by atoms with Crippen molar-refractivity contribution in [1.82, 2.24) is 9.88 Å². The van der Waals surface area contributed by atoms with E-state index in [2.05, 4.69) is 41.8 Å². The minimum atomic E-state index is -1.17. The van der Waals surface area contributed by atoms with Gasteiger partial charge in [0.15, 0.2) is 6.10 Å². The van der Waals surface area contributed by atoms with Crippen LogP contribution in [0.3, 0.4) is 0 Å². The number of piperidine rings is 1. The van der Waals surface area contributed by atoms with Crippen LogP contribution in [0.5, 0.6) is 5.75 Å². The van der Waals surface area contributed by atoms with Crippen LogP contribution in [-0.4, -0.2) is 53.3 Å². The summed E-state index contributed by atoms with van der Waals surface area (Å²) in [6.07, 6.45) is 1.55. The van der Waals surface area contributed by atoms with Gasteiger partial charge in [-0.2, -0.15) is 0 Å². The number of hydrogen-bond donors (Lipinski definition) is 1. The zero-order valence-corrected chi connectivity index (χ0v) is 28.4. The van der Waals surface area contributed by atoms with Crippen molar-refractivity contribution < 1.29 is 28.2 Å². The van der Waals surface area contributed by atoms with E-state index in [9.17, 15) is 18.7 Å². The highest BCUT2D eigenvalue weighted by Gasteiger charge is 2.36. The number of anilines is 1. The van der Waals surface area contributed by atoms with Crippen LogP contribution in [-0.2, 0) is 29.0 Å². The molecule has 46 heavy (non-hydrogen) atoms. The van der Waals surface area contributed by atoms with Gasteiger partial charge < -0.3 is 19.5 Å². The second-order valence-electron chi connectivity index (χ2n) is 14.5. The number of rotatable bonds is 8. The molecule has 2 aliphatic heterocycles. The highest BCUT2D eigenvalue weighted by atomic mass is 19.1. The molecular formula is C37H47F2N3O4. The summed E-state index contributed by atoms with van der Waals surface area (Å²) in [6, 6.07) is 8.51. The Bertz CT molecular complexity index is 1620. The Hall–Kier alpha value is -3.56. The summed E-state index contributed by atoms with van der Waals surface area (Å²) in [7, 11) is 1.42. The van der Waals surface area contributed by atoms with Gasteiger partial charge in [0, 0.05) is 72.9 Å². The van der Waals surface area contributed by atoms with Crippen LogP contribution in [0.15, 0.2) is 30.3 Å². The van der Waals surface area contributed by atoms with E-state index >= 15 is 0 Å². The van der Waals surface area contributed by atoms with Crippen molar-refractivity contribution in [2.24, 2.45) is 5.41 Å². The molecule has 0 aliphatic carbocycles. The first-order chi connectivity index (χ1) is 21.6. The minimum Gasteiger partial charge on any atom is -0.496 e. The average Bonchev–Trinajstić information content (AvgIpc) is 2.96. The van der Waals surface area contributed by atoms with E-state index in [1.54, 1.807) is 0 Å². The Morgan fingerprint density at radius 1 is 1.04 bits per heavy atom. The van der Waals surface area contributed by atoms with E-state index < -0.39 is 29.3 Å². The summed E-state index contributed by atoms with van der Waals surface area (Å²) in [5, 5.41) is 10.5. The molecule has 0 radical (unpaired) electrons. The molecule has 0 saturated carbocycles. The summed E-state index contributed by atoms with van der Waals surface area (Å²) >= 11 is 0. The number of carboxylic acid groups (broad SMARTS) is 1. The maximum atomic E-state index is 14.7. The second kappa shape index (κ2) is 12.9. The standard InChI is InChI=1S/C37H47F2N3O4/c1-22-31(25-9-10-26-20-41(14-11-24(26)17-25)21-28-29(39)18-27(38)19-30(28)45-8)33(42-15-12-37(6,7)13-16-42)32(23(2)40-22)34(35(43)44)46-36(3,4)5/h9-10,17-19,34H,11-16,20-21H2,1-8H3,(H,43,44)/t34-/m0/s1. The molecule has 5 rings (SSSR count). The molecule has 1 saturated heterocycles. The largest absolute Gasteiger partial charge is 0.496 e. The summed E-state index contributed by atoms with van der Waals surface area (Å²) in [6.45, 7) is 17.3. The fraction of sp³-hybridized carbons (Fsp3) is 0.514. The Balaban J connectivity index is 1.56. The fourth-order valence-corrected chi connectivity index (χ4v) is 6.80. The third kappa shape index (κ3) is 7.20. The van der Waals surface area contributed by atoms with Crippen LogP contribution in [0, 0.1) is 30.9 Å². The topological polar surface area (TPSA) is 75.1 Å². The van der Waals surface area contributed by atoms with E-state index in [0.717, 1.165) is 66.5 Å². The van der Waals surface area contributed by atoms with Gasteiger partial charge in [0.2, 0.25) is 0 Å². The van der Waals surface area contributed by atoms with E-state index in [-0.39, 0.29) is 11.2 Å². The first kappa shape index (κ1) is 33.8. The molecule has 1 aromatic heterocycles. The lowest BCUT2D eigenvalue weighted by atomic mass is 9.81. The average molecular weight is 636 g/mol. The van der Waals surface area contributed by atoms with Crippen molar-refractivity contribution in [3.8, 4) is 16.9 Å². The van der Waals surface area contributed by atoms with Crippen molar-refractivity contribution in [3.05, 3.63) is 75.6 Å². The summed E-state index contributed by atoms with van der Waals surface area (Å²) < 4.78 is 40.0.